The lowest BCUT2D eigenvalue weighted by Crippen LogP contribution is -2.04. The molecule has 2 rings (SSSR count). The van der Waals surface area contributed by atoms with Crippen LogP contribution in [0.5, 0.6) is 0 Å². The van der Waals surface area contributed by atoms with Gasteiger partial charge in [0.15, 0.2) is 0 Å². The Labute approximate surface area is 90.2 Å². The smallest absolute Gasteiger partial charge is 0.0483 e. The zero-order valence-corrected chi connectivity index (χ0v) is 9.03. The Morgan fingerprint density at radius 2 is 2.27 bits per heavy atom. The second kappa shape index (κ2) is 4.32. The van der Waals surface area contributed by atoms with Gasteiger partial charge in [0.25, 0.3) is 0 Å². The highest BCUT2D eigenvalue weighted by atomic mass is 14.9. The number of nitrogens with one attached hydrogen (secondary N) is 1. The number of hydrogen-bond acceptors (Lipinski definition) is 1. The third-order valence-corrected chi connectivity index (χ3v) is 2.54. The van der Waals surface area contributed by atoms with E-state index in [1.807, 2.05) is 13.1 Å². The predicted molar refractivity (Wildman–Crippen MR) is 64.9 cm³/mol. The molecule has 2 aromatic rings. The summed E-state index contributed by atoms with van der Waals surface area (Å²) >= 11 is 0. The maximum atomic E-state index is 3.76. The van der Waals surface area contributed by atoms with Gasteiger partial charge in [0.05, 0.1) is 0 Å². The molecule has 1 aromatic heterocycles. The second-order valence-corrected chi connectivity index (χ2v) is 3.68. The zero-order chi connectivity index (χ0) is 10.7. The van der Waals surface area contributed by atoms with E-state index in [0.717, 1.165) is 13.1 Å². The van der Waals surface area contributed by atoms with Crippen molar-refractivity contribution in [3.8, 4) is 0 Å². The van der Waals surface area contributed by atoms with Crippen molar-refractivity contribution in [3.05, 3.63) is 48.7 Å². The molecule has 0 saturated carbocycles. The molecule has 0 amide bonds. The Bertz CT molecular complexity index is 468. The van der Waals surface area contributed by atoms with E-state index in [2.05, 4.69) is 46.9 Å². The van der Waals surface area contributed by atoms with Crippen LogP contribution in [0.3, 0.4) is 0 Å². The maximum absolute atomic E-state index is 3.76. The molecule has 0 fully saturated rings. The fraction of sp³-hybridized carbons (Fsp3) is 0.231. The molecule has 0 bridgehead atoms. The van der Waals surface area contributed by atoms with Crippen molar-refractivity contribution in [3.63, 3.8) is 0 Å². The average molecular weight is 200 g/mol. The molecule has 1 N–H and O–H groups in total. The summed E-state index contributed by atoms with van der Waals surface area (Å²) in [4.78, 5) is 0. The van der Waals surface area contributed by atoms with Gasteiger partial charge in [-0.25, -0.2) is 0 Å². The van der Waals surface area contributed by atoms with Crippen LogP contribution < -0.4 is 5.32 Å². The van der Waals surface area contributed by atoms with E-state index in [4.69, 9.17) is 0 Å². The number of fused-ring (bicyclic) bond motifs is 1. The topological polar surface area (TPSA) is 17.0 Å². The summed E-state index contributed by atoms with van der Waals surface area (Å²) in [5, 5.41) is 4.45. The van der Waals surface area contributed by atoms with Crippen molar-refractivity contribution in [2.24, 2.45) is 0 Å². The third-order valence-electron chi connectivity index (χ3n) is 2.54. The van der Waals surface area contributed by atoms with E-state index in [1.54, 1.807) is 0 Å². The van der Waals surface area contributed by atoms with Gasteiger partial charge < -0.3 is 9.88 Å². The first-order chi connectivity index (χ1) is 7.35. The van der Waals surface area contributed by atoms with E-state index < -0.39 is 0 Å². The third kappa shape index (κ3) is 1.95. The fourth-order valence-electron chi connectivity index (χ4n) is 1.86. The highest BCUT2D eigenvalue weighted by Gasteiger charge is 2.00. The lowest BCUT2D eigenvalue weighted by Gasteiger charge is -2.03. The second-order valence-electron chi connectivity index (χ2n) is 3.68. The summed E-state index contributed by atoms with van der Waals surface area (Å²) in [5.41, 5.74) is 2.59. The monoisotopic (exact) mass is 200 g/mol. The highest BCUT2D eigenvalue weighted by molar-refractivity contribution is 5.80. The number of benzene rings is 1. The van der Waals surface area contributed by atoms with E-state index in [1.165, 1.54) is 16.5 Å². The van der Waals surface area contributed by atoms with Crippen LogP contribution in [0.25, 0.3) is 10.9 Å². The Balaban J connectivity index is 2.42. The molecular weight excluding hydrogens is 184 g/mol. The number of hydrogen-bond donors (Lipinski definition) is 1. The molecule has 0 saturated heterocycles. The van der Waals surface area contributed by atoms with Gasteiger partial charge in [-0.05, 0) is 36.2 Å². The first kappa shape index (κ1) is 9.99. The minimum atomic E-state index is 0.870. The zero-order valence-electron chi connectivity index (χ0n) is 9.03. The molecular formula is C13H16N2. The molecule has 0 spiro atoms. The molecule has 1 aromatic carbocycles. The summed E-state index contributed by atoms with van der Waals surface area (Å²) < 4.78 is 2.20. The Morgan fingerprint density at radius 1 is 1.40 bits per heavy atom. The standard InChI is InChI=1S/C13H16N2/c1-3-7-15-8-6-12-9-11(10-14-2)4-5-13(12)15/h3-6,8-9,14H,1,7,10H2,2H3. The van der Waals surface area contributed by atoms with Crippen molar-refractivity contribution >= 4 is 10.9 Å². The van der Waals surface area contributed by atoms with Crippen LogP contribution in [0.1, 0.15) is 5.56 Å². The molecule has 0 atom stereocenters. The lowest BCUT2D eigenvalue weighted by atomic mass is 10.1. The molecule has 0 aliphatic heterocycles. The van der Waals surface area contributed by atoms with Crippen LogP contribution in [0, 0.1) is 0 Å². The number of aromatic nitrogens is 1. The normalized spacial score (nSPS) is 10.7. The van der Waals surface area contributed by atoms with Crippen LogP contribution in [-0.2, 0) is 13.1 Å². The van der Waals surface area contributed by atoms with Gasteiger partial charge in [0, 0.05) is 24.8 Å². The van der Waals surface area contributed by atoms with Crippen molar-refractivity contribution in [1.82, 2.24) is 9.88 Å². The van der Waals surface area contributed by atoms with Crippen LogP contribution in [0.15, 0.2) is 43.1 Å². The first-order valence-corrected chi connectivity index (χ1v) is 5.18. The maximum Gasteiger partial charge on any atom is 0.0483 e. The minimum Gasteiger partial charge on any atom is -0.344 e. The first-order valence-electron chi connectivity index (χ1n) is 5.18. The number of rotatable bonds is 4. The molecule has 0 radical (unpaired) electrons. The van der Waals surface area contributed by atoms with Gasteiger partial charge in [-0.3, -0.25) is 0 Å². The van der Waals surface area contributed by atoms with Gasteiger partial charge in [0.2, 0.25) is 0 Å². The van der Waals surface area contributed by atoms with E-state index in [9.17, 15) is 0 Å². The van der Waals surface area contributed by atoms with Crippen molar-refractivity contribution < 1.29 is 0 Å². The van der Waals surface area contributed by atoms with Gasteiger partial charge in [-0.1, -0.05) is 12.1 Å². The minimum absolute atomic E-state index is 0.870. The molecule has 2 heteroatoms. The molecule has 78 valence electrons. The summed E-state index contributed by atoms with van der Waals surface area (Å²) in [5.74, 6) is 0. The van der Waals surface area contributed by atoms with Gasteiger partial charge in [-0.2, -0.15) is 0 Å². The summed E-state index contributed by atoms with van der Waals surface area (Å²) in [7, 11) is 1.97. The average Bonchev–Trinajstić information content (AvgIpc) is 2.62. The van der Waals surface area contributed by atoms with Crippen molar-refractivity contribution in [2.75, 3.05) is 7.05 Å². The highest BCUT2D eigenvalue weighted by Crippen LogP contribution is 2.17. The summed E-state index contributed by atoms with van der Waals surface area (Å²) in [6, 6.07) is 8.72. The van der Waals surface area contributed by atoms with E-state index in [-0.39, 0.29) is 0 Å². The van der Waals surface area contributed by atoms with Crippen molar-refractivity contribution in [2.45, 2.75) is 13.1 Å². The SMILES string of the molecule is C=CCn1ccc2cc(CNC)ccc21. The summed E-state index contributed by atoms with van der Waals surface area (Å²) in [6.45, 7) is 5.55. The molecule has 0 aliphatic rings. The molecule has 15 heavy (non-hydrogen) atoms. The summed E-state index contributed by atoms with van der Waals surface area (Å²) in [6.07, 6.45) is 4.02. The van der Waals surface area contributed by atoms with Gasteiger partial charge in [0.1, 0.15) is 0 Å². The lowest BCUT2D eigenvalue weighted by molar-refractivity contribution is 0.818. The molecule has 0 unspecified atom stereocenters. The molecule has 2 nitrogen and oxygen atoms in total. The van der Waals surface area contributed by atoms with Crippen LogP contribution in [0.4, 0.5) is 0 Å². The molecule has 1 heterocycles. The Morgan fingerprint density at radius 3 is 3.00 bits per heavy atom. The van der Waals surface area contributed by atoms with Gasteiger partial charge in [-0.15, -0.1) is 6.58 Å². The van der Waals surface area contributed by atoms with Crippen molar-refractivity contribution in [1.29, 1.82) is 0 Å². The Kier molecular flexibility index (Phi) is 2.88. The largest absolute Gasteiger partial charge is 0.344 e. The number of nitrogens with zero attached hydrogens (tertiary/aromatic N) is 1. The number of allylic oxidation sites excluding steroid dienone is 1. The fourth-order valence-corrected chi connectivity index (χ4v) is 1.86. The van der Waals surface area contributed by atoms with E-state index >= 15 is 0 Å². The van der Waals surface area contributed by atoms with E-state index in [0.29, 0.717) is 0 Å². The quantitative estimate of drug-likeness (QED) is 0.750. The van der Waals surface area contributed by atoms with Gasteiger partial charge >= 0.3 is 0 Å². The molecule has 0 aliphatic carbocycles. The van der Waals surface area contributed by atoms with Crippen LogP contribution in [-0.4, -0.2) is 11.6 Å². The predicted octanol–water partition coefficient (Wildman–Crippen LogP) is 2.55. The van der Waals surface area contributed by atoms with Crippen LogP contribution in [0.2, 0.25) is 0 Å². The Hall–Kier alpha value is -1.54. The van der Waals surface area contributed by atoms with Crippen LogP contribution >= 0.6 is 0 Å².